The molecule has 1 saturated heterocycles. The maximum absolute atomic E-state index is 12.8. The van der Waals surface area contributed by atoms with E-state index >= 15 is 0 Å². The number of thiazole rings is 1. The average Bonchev–Trinajstić information content (AvgIpc) is 3.18. The van der Waals surface area contributed by atoms with E-state index in [0.717, 1.165) is 4.70 Å². The number of nitrogens with zero attached hydrogens (tertiary/aromatic N) is 3. The van der Waals surface area contributed by atoms with Gasteiger partial charge in [-0.15, -0.1) is 11.3 Å². The minimum Gasteiger partial charge on any atom is -0.444 e. The molecule has 1 aliphatic heterocycles. The van der Waals surface area contributed by atoms with E-state index in [0.29, 0.717) is 29.4 Å². The number of nitro benzene ring substituents is 1. The third-order valence-corrected chi connectivity index (χ3v) is 6.83. The zero-order valence-corrected chi connectivity index (χ0v) is 16.3. The van der Waals surface area contributed by atoms with Gasteiger partial charge in [0, 0.05) is 25.2 Å². The molecule has 0 bridgehead atoms. The fourth-order valence-corrected chi connectivity index (χ4v) is 5.42. The number of fused-ring (bicyclic) bond motifs is 1. The highest BCUT2D eigenvalue weighted by molar-refractivity contribution is 7.88. The molecule has 0 aliphatic carbocycles. The van der Waals surface area contributed by atoms with E-state index < -0.39 is 27.4 Å². The van der Waals surface area contributed by atoms with Gasteiger partial charge in [-0.05, 0) is 33.3 Å². The van der Waals surface area contributed by atoms with Crippen molar-refractivity contribution in [1.82, 2.24) is 9.88 Å². The van der Waals surface area contributed by atoms with E-state index in [9.17, 15) is 19.1 Å². The topological polar surface area (TPSA) is 103 Å². The minimum atomic E-state index is -1.38. The normalized spacial score (nSPS) is 18.9. The standard InChI is InChI=1S/C16H19N3O5S2/c1-16(2,3)24-15(20)18-7-6-11(9-18)26(23)14-17-12-8-10(19(21)22)4-5-13(12)25-14/h4-5,8,11H,6-7,9H2,1-3H3/t11-,26+/m1/s1. The Morgan fingerprint density at radius 1 is 1.46 bits per heavy atom. The highest BCUT2D eigenvalue weighted by Gasteiger charge is 2.34. The molecule has 1 fully saturated rings. The van der Waals surface area contributed by atoms with Gasteiger partial charge in [-0.3, -0.25) is 14.3 Å². The Kier molecular flexibility index (Phi) is 4.98. The van der Waals surface area contributed by atoms with Gasteiger partial charge in [0.15, 0.2) is 4.34 Å². The number of nitro groups is 1. The van der Waals surface area contributed by atoms with E-state index in [1.54, 1.807) is 31.7 Å². The van der Waals surface area contributed by atoms with Crippen molar-refractivity contribution in [2.45, 2.75) is 42.4 Å². The zero-order chi connectivity index (χ0) is 19.1. The predicted octanol–water partition coefficient (Wildman–Crippen LogP) is 3.32. The maximum Gasteiger partial charge on any atom is 0.410 e. The van der Waals surface area contributed by atoms with Gasteiger partial charge in [-0.25, -0.2) is 9.78 Å². The van der Waals surface area contributed by atoms with Crippen molar-refractivity contribution in [3.63, 3.8) is 0 Å². The third-order valence-electron chi connectivity index (χ3n) is 3.83. The number of hydrogen-bond donors (Lipinski definition) is 0. The molecule has 1 aromatic carbocycles. The lowest BCUT2D eigenvalue weighted by Crippen LogP contribution is -2.36. The largest absolute Gasteiger partial charge is 0.444 e. The van der Waals surface area contributed by atoms with Crippen LogP contribution in [0.4, 0.5) is 10.5 Å². The van der Waals surface area contributed by atoms with Gasteiger partial charge in [0.2, 0.25) is 0 Å². The monoisotopic (exact) mass is 397 g/mol. The van der Waals surface area contributed by atoms with Crippen LogP contribution in [-0.2, 0) is 15.5 Å². The SMILES string of the molecule is CC(C)(C)OC(=O)N1CC[C@@H]([S@](=O)c2nc3cc([N+](=O)[O-])ccc3s2)C1. The Balaban J connectivity index is 1.73. The van der Waals surface area contributed by atoms with Crippen LogP contribution >= 0.6 is 11.3 Å². The van der Waals surface area contributed by atoms with Gasteiger partial charge in [0.25, 0.3) is 5.69 Å². The van der Waals surface area contributed by atoms with Crippen molar-refractivity contribution in [3.8, 4) is 0 Å². The second-order valence-corrected chi connectivity index (χ2v) is 9.96. The summed E-state index contributed by atoms with van der Waals surface area (Å²) in [5.74, 6) is 0. The molecule has 26 heavy (non-hydrogen) atoms. The van der Waals surface area contributed by atoms with E-state index in [1.807, 2.05) is 0 Å². The number of ether oxygens (including phenoxy) is 1. The predicted molar refractivity (Wildman–Crippen MR) is 98.9 cm³/mol. The van der Waals surface area contributed by atoms with Crippen molar-refractivity contribution in [1.29, 1.82) is 0 Å². The highest BCUT2D eigenvalue weighted by Crippen LogP contribution is 2.30. The van der Waals surface area contributed by atoms with Crippen molar-refractivity contribution in [2.24, 2.45) is 0 Å². The molecule has 3 rings (SSSR count). The van der Waals surface area contributed by atoms with Crippen LogP contribution in [0.5, 0.6) is 0 Å². The summed E-state index contributed by atoms with van der Waals surface area (Å²) in [5.41, 5.74) is -0.151. The maximum atomic E-state index is 12.8. The first-order chi connectivity index (χ1) is 12.1. The molecule has 0 N–H and O–H groups in total. The number of benzene rings is 1. The van der Waals surface area contributed by atoms with Gasteiger partial charge in [0.1, 0.15) is 5.60 Å². The van der Waals surface area contributed by atoms with E-state index in [-0.39, 0.29) is 10.9 Å². The molecular weight excluding hydrogens is 378 g/mol. The molecule has 2 aromatic rings. The number of rotatable bonds is 3. The third kappa shape index (κ3) is 4.01. The highest BCUT2D eigenvalue weighted by atomic mass is 32.2. The van der Waals surface area contributed by atoms with Crippen LogP contribution < -0.4 is 0 Å². The van der Waals surface area contributed by atoms with E-state index in [1.165, 1.54) is 23.5 Å². The molecule has 0 unspecified atom stereocenters. The molecule has 2 atom stereocenters. The summed E-state index contributed by atoms with van der Waals surface area (Å²) >= 11 is 1.26. The lowest BCUT2D eigenvalue weighted by atomic mass is 10.2. The van der Waals surface area contributed by atoms with Crippen molar-refractivity contribution in [3.05, 3.63) is 28.3 Å². The first-order valence-corrected chi connectivity index (χ1v) is 10.1. The lowest BCUT2D eigenvalue weighted by molar-refractivity contribution is -0.384. The second kappa shape index (κ2) is 6.92. The zero-order valence-electron chi connectivity index (χ0n) is 14.6. The molecule has 0 radical (unpaired) electrons. The molecule has 10 heteroatoms. The number of amides is 1. The van der Waals surface area contributed by atoms with Crippen LogP contribution in [-0.4, -0.2) is 49.0 Å². The lowest BCUT2D eigenvalue weighted by Gasteiger charge is -2.24. The average molecular weight is 397 g/mol. The van der Waals surface area contributed by atoms with Gasteiger partial charge in [-0.1, -0.05) is 0 Å². The number of hydrogen-bond acceptors (Lipinski definition) is 7. The Morgan fingerprint density at radius 2 is 2.19 bits per heavy atom. The van der Waals surface area contributed by atoms with E-state index in [4.69, 9.17) is 4.74 Å². The van der Waals surface area contributed by atoms with Crippen LogP contribution in [0.15, 0.2) is 22.5 Å². The summed E-state index contributed by atoms with van der Waals surface area (Å²) in [6.07, 6.45) is 0.194. The van der Waals surface area contributed by atoms with Crippen LogP contribution in [0.2, 0.25) is 0 Å². The van der Waals surface area contributed by atoms with E-state index in [2.05, 4.69) is 4.98 Å². The molecule has 8 nitrogen and oxygen atoms in total. The van der Waals surface area contributed by atoms with Crippen molar-refractivity contribution < 1.29 is 18.7 Å². The van der Waals surface area contributed by atoms with Gasteiger partial charge >= 0.3 is 6.09 Å². The number of aromatic nitrogens is 1. The smallest absolute Gasteiger partial charge is 0.410 e. The quantitative estimate of drug-likeness (QED) is 0.581. The first-order valence-electron chi connectivity index (χ1n) is 8.07. The molecule has 1 aliphatic rings. The minimum absolute atomic E-state index is 0.0444. The molecule has 2 heterocycles. The number of likely N-dealkylation sites (tertiary alicyclic amines) is 1. The van der Waals surface area contributed by atoms with Crippen LogP contribution in [0, 0.1) is 10.1 Å². The molecule has 1 aromatic heterocycles. The number of non-ortho nitro benzene ring substituents is 1. The van der Waals surface area contributed by atoms with Gasteiger partial charge in [-0.2, -0.15) is 0 Å². The molecule has 140 valence electrons. The van der Waals surface area contributed by atoms with Crippen LogP contribution in [0.1, 0.15) is 27.2 Å². The van der Waals surface area contributed by atoms with Crippen molar-refractivity contribution >= 4 is 44.1 Å². The Hall–Kier alpha value is -2.07. The summed E-state index contributed by atoms with van der Waals surface area (Å²) in [4.78, 5) is 28.4. The number of carbonyl (C=O) groups excluding carboxylic acids is 1. The summed E-state index contributed by atoms with van der Waals surface area (Å²) in [7, 11) is -1.38. The molecule has 0 saturated carbocycles. The summed E-state index contributed by atoms with van der Waals surface area (Å²) in [6, 6.07) is 4.41. The summed E-state index contributed by atoms with van der Waals surface area (Å²) < 4.78 is 19.4. The van der Waals surface area contributed by atoms with Gasteiger partial charge in [0.05, 0.1) is 31.2 Å². The summed E-state index contributed by atoms with van der Waals surface area (Å²) in [6.45, 7) is 6.24. The fraction of sp³-hybridized carbons (Fsp3) is 0.500. The molecular formula is C16H19N3O5S2. The molecule has 0 spiro atoms. The first kappa shape index (κ1) is 18.7. The Bertz CT molecular complexity index is 890. The Labute approximate surface area is 156 Å². The van der Waals surface area contributed by atoms with Crippen molar-refractivity contribution in [2.75, 3.05) is 13.1 Å². The fourth-order valence-electron chi connectivity index (χ4n) is 2.63. The Morgan fingerprint density at radius 3 is 2.85 bits per heavy atom. The van der Waals surface area contributed by atoms with Gasteiger partial charge < -0.3 is 9.64 Å². The summed E-state index contributed by atoms with van der Waals surface area (Å²) in [5, 5.41) is 10.6. The second-order valence-electron chi connectivity index (χ2n) is 7.02. The molecule has 1 amide bonds. The van der Waals surface area contributed by atoms with Crippen LogP contribution in [0.3, 0.4) is 0 Å². The van der Waals surface area contributed by atoms with Crippen LogP contribution in [0.25, 0.3) is 10.2 Å². The number of carbonyl (C=O) groups is 1.